The predicted octanol–water partition coefficient (Wildman–Crippen LogP) is 1.99. The third kappa shape index (κ3) is 4.41. The summed E-state index contributed by atoms with van der Waals surface area (Å²) in [6, 6.07) is 6.18. The normalized spacial score (nSPS) is 11.9. The van der Waals surface area contributed by atoms with Gasteiger partial charge in [-0.3, -0.25) is 4.79 Å². The van der Waals surface area contributed by atoms with Crippen LogP contribution in [0.5, 0.6) is 0 Å². The molecule has 1 aromatic carbocycles. The molecule has 0 saturated carbocycles. The molecular weight excluding hydrogens is 250 g/mol. The van der Waals surface area contributed by atoms with E-state index in [1.54, 1.807) is 30.0 Å². The number of carboxylic acid groups (broad SMARTS) is 1. The Kier molecular flexibility index (Phi) is 5.71. The van der Waals surface area contributed by atoms with Crippen LogP contribution in [-0.2, 0) is 9.59 Å². The van der Waals surface area contributed by atoms with Gasteiger partial charge in [-0.1, -0.05) is 29.8 Å². The third-order valence-electron chi connectivity index (χ3n) is 2.46. The molecule has 0 heterocycles. The molecule has 98 valence electrons. The molecular formula is C13H17NO3S. The molecule has 0 aliphatic rings. The first-order chi connectivity index (χ1) is 8.54. The van der Waals surface area contributed by atoms with Crippen LogP contribution in [0.25, 0.3) is 0 Å². The molecule has 0 unspecified atom stereocenters. The van der Waals surface area contributed by atoms with Gasteiger partial charge in [-0.05, 0) is 18.7 Å². The fourth-order valence-electron chi connectivity index (χ4n) is 1.57. The third-order valence-corrected chi connectivity index (χ3v) is 3.07. The molecule has 1 aromatic rings. The van der Waals surface area contributed by atoms with E-state index in [1.165, 1.54) is 0 Å². The zero-order valence-electron chi connectivity index (χ0n) is 10.5. The van der Waals surface area contributed by atoms with E-state index in [9.17, 15) is 14.7 Å². The van der Waals surface area contributed by atoms with E-state index in [0.29, 0.717) is 17.7 Å². The number of hydrogen-bond acceptors (Lipinski definition) is 3. The Morgan fingerprint density at radius 2 is 2.17 bits per heavy atom. The SMILES string of the molecule is CSCCC(=O)N[C@H](C(=O)O)c1cccc(C)c1. The van der Waals surface area contributed by atoms with Crippen molar-refractivity contribution in [3.8, 4) is 0 Å². The summed E-state index contributed by atoms with van der Waals surface area (Å²) in [5.41, 5.74) is 1.57. The highest BCUT2D eigenvalue weighted by atomic mass is 32.2. The maximum atomic E-state index is 11.6. The van der Waals surface area contributed by atoms with Crippen molar-refractivity contribution in [2.75, 3.05) is 12.0 Å². The van der Waals surface area contributed by atoms with Crippen molar-refractivity contribution in [1.29, 1.82) is 0 Å². The lowest BCUT2D eigenvalue weighted by Gasteiger charge is -2.15. The molecule has 0 aliphatic heterocycles. The van der Waals surface area contributed by atoms with E-state index in [0.717, 1.165) is 5.56 Å². The van der Waals surface area contributed by atoms with E-state index < -0.39 is 12.0 Å². The van der Waals surface area contributed by atoms with Gasteiger partial charge in [0.1, 0.15) is 0 Å². The first-order valence-electron chi connectivity index (χ1n) is 5.62. The second kappa shape index (κ2) is 7.06. The second-order valence-electron chi connectivity index (χ2n) is 4.00. The van der Waals surface area contributed by atoms with E-state index >= 15 is 0 Å². The van der Waals surface area contributed by atoms with Crippen LogP contribution in [0.3, 0.4) is 0 Å². The van der Waals surface area contributed by atoms with Gasteiger partial charge in [0.25, 0.3) is 0 Å². The largest absolute Gasteiger partial charge is 0.479 e. The average molecular weight is 267 g/mol. The molecule has 0 aromatic heterocycles. The summed E-state index contributed by atoms with van der Waals surface area (Å²) in [6.07, 6.45) is 2.24. The topological polar surface area (TPSA) is 66.4 Å². The van der Waals surface area contributed by atoms with Crippen LogP contribution < -0.4 is 5.32 Å². The van der Waals surface area contributed by atoms with Gasteiger partial charge in [-0.15, -0.1) is 0 Å². The molecule has 0 spiro atoms. The molecule has 5 heteroatoms. The first-order valence-corrected chi connectivity index (χ1v) is 7.01. The van der Waals surface area contributed by atoms with Crippen LogP contribution in [0.15, 0.2) is 24.3 Å². The number of rotatable bonds is 6. The van der Waals surface area contributed by atoms with Crippen molar-refractivity contribution < 1.29 is 14.7 Å². The molecule has 1 rings (SSSR count). The van der Waals surface area contributed by atoms with Crippen LogP contribution in [0.1, 0.15) is 23.6 Å². The molecule has 1 amide bonds. The van der Waals surface area contributed by atoms with Gasteiger partial charge >= 0.3 is 5.97 Å². The van der Waals surface area contributed by atoms with Crippen molar-refractivity contribution in [3.05, 3.63) is 35.4 Å². The summed E-state index contributed by atoms with van der Waals surface area (Å²) in [5, 5.41) is 11.7. The fraction of sp³-hybridized carbons (Fsp3) is 0.385. The van der Waals surface area contributed by atoms with Crippen LogP contribution in [0.2, 0.25) is 0 Å². The molecule has 0 radical (unpaired) electrons. The summed E-state index contributed by atoms with van der Waals surface area (Å²) in [5.74, 6) is -0.595. The van der Waals surface area contributed by atoms with Crippen LogP contribution in [0.4, 0.5) is 0 Å². The standard InChI is InChI=1S/C13H17NO3S/c1-9-4-3-5-10(8-9)12(13(16)17)14-11(15)6-7-18-2/h3-5,8,12H,6-7H2,1-2H3,(H,14,15)(H,16,17)/t12-/m0/s1. The minimum Gasteiger partial charge on any atom is -0.479 e. The number of carbonyl (C=O) groups is 2. The lowest BCUT2D eigenvalue weighted by atomic mass is 10.0. The molecule has 2 N–H and O–H groups in total. The van der Waals surface area contributed by atoms with Crippen LogP contribution in [-0.4, -0.2) is 29.0 Å². The second-order valence-corrected chi connectivity index (χ2v) is 4.98. The Morgan fingerprint density at radius 1 is 1.44 bits per heavy atom. The number of nitrogens with one attached hydrogen (secondary N) is 1. The zero-order chi connectivity index (χ0) is 13.5. The van der Waals surface area contributed by atoms with Crippen molar-refractivity contribution in [2.24, 2.45) is 0 Å². The van der Waals surface area contributed by atoms with Gasteiger partial charge in [-0.25, -0.2) is 4.79 Å². The maximum Gasteiger partial charge on any atom is 0.330 e. The van der Waals surface area contributed by atoms with Crippen molar-refractivity contribution in [3.63, 3.8) is 0 Å². The van der Waals surface area contributed by atoms with Crippen molar-refractivity contribution >= 4 is 23.6 Å². The highest BCUT2D eigenvalue weighted by Gasteiger charge is 2.21. The first kappa shape index (κ1) is 14.6. The number of aryl methyl sites for hydroxylation is 1. The highest BCUT2D eigenvalue weighted by molar-refractivity contribution is 7.98. The number of thioether (sulfide) groups is 1. The minimum absolute atomic E-state index is 0.238. The smallest absolute Gasteiger partial charge is 0.330 e. The van der Waals surface area contributed by atoms with Crippen molar-refractivity contribution in [2.45, 2.75) is 19.4 Å². The van der Waals surface area contributed by atoms with Crippen LogP contribution >= 0.6 is 11.8 Å². The number of benzene rings is 1. The van der Waals surface area contributed by atoms with Crippen LogP contribution in [0, 0.1) is 6.92 Å². The number of amides is 1. The quantitative estimate of drug-likeness (QED) is 0.827. The molecule has 4 nitrogen and oxygen atoms in total. The van der Waals surface area contributed by atoms with E-state index in [1.807, 2.05) is 19.2 Å². The Morgan fingerprint density at radius 3 is 2.72 bits per heavy atom. The molecule has 0 bridgehead atoms. The van der Waals surface area contributed by atoms with Gasteiger partial charge in [0.05, 0.1) is 0 Å². The number of hydrogen-bond donors (Lipinski definition) is 2. The minimum atomic E-state index is -1.04. The van der Waals surface area contributed by atoms with Crippen molar-refractivity contribution in [1.82, 2.24) is 5.32 Å². The van der Waals surface area contributed by atoms with E-state index in [4.69, 9.17) is 0 Å². The van der Waals surface area contributed by atoms with Gasteiger partial charge in [0.15, 0.2) is 6.04 Å². The lowest BCUT2D eigenvalue weighted by Crippen LogP contribution is -2.33. The maximum absolute atomic E-state index is 11.6. The summed E-state index contributed by atoms with van der Waals surface area (Å²) >= 11 is 1.56. The fourth-order valence-corrected chi connectivity index (χ4v) is 1.95. The Labute approximate surface area is 111 Å². The monoisotopic (exact) mass is 267 g/mol. The molecule has 1 atom stereocenters. The number of aliphatic carboxylic acids is 1. The molecule has 0 fully saturated rings. The Bertz CT molecular complexity index is 434. The number of carbonyl (C=O) groups excluding carboxylic acids is 1. The average Bonchev–Trinajstić information content (AvgIpc) is 2.33. The zero-order valence-corrected chi connectivity index (χ0v) is 11.3. The van der Waals surface area contributed by atoms with Gasteiger partial charge < -0.3 is 10.4 Å². The predicted molar refractivity (Wildman–Crippen MR) is 72.7 cm³/mol. The number of carboxylic acids is 1. The Balaban J connectivity index is 2.77. The summed E-state index contributed by atoms with van der Waals surface area (Å²) in [4.78, 5) is 22.8. The highest BCUT2D eigenvalue weighted by Crippen LogP contribution is 2.15. The molecule has 0 aliphatic carbocycles. The lowest BCUT2D eigenvalue weighted by molar-refractivity contribution is -0.142. The Hall–Kier alpha value is -1.49. The summed E-state index contributed by atoms with van der Waals surface area (Å²) in [7, 11) is 0. The van der Waals surface area contributed by atoms with E-state index in [-0.39, 0.29) is 5.91 Å². The summed E-state index contributed by atoms with van der Waals surface area (Å²) in [6.45, 7) is 1.89. The summed E-state index contributed by atoms with van der Waals surface area (Å²) < 4.78 is 0. The van der Waals surface area contributed by atoms with Gasteiger partial charge in [0, 0.05) is 12.2 Å². The van der Waals surface area contributed by atoms with Gasteiger partial charge in [0.2, 0.25) is 5.91 Å². The van der Waals surface area contributed by atoms with Gasteiger partial charge in [-0.2, -0.15) is 11.8 Å². The van der Waals surface area contributed by atoms with E-state index in [2.05, 4.69) is 5.32 Å². The molecule has 0 saturated heterocycles. The molecule has 18 heavy (non-hydrogen) atoms.